The van der Waals surface area contributed by atoms with Crippen molar-refractivity contribution in [3.8, 4) is 0 Å². The number of thioether (sulfide) groups is 1. The fourth-order valence-corrected chi connectivity index (χ4v) is 7.05. The smallest absolute Gasteiger partial charge is 0.246 e. The molecule has 0 aromatic carbocycles. The highest BCUT2D eigenvalue weighted by molar-refractivity contribution is 8.13. The Balaban J connectivity index is 1.61. The molecular formula is C15H26N2O2S2. The van der Waals surface area contributed by atoms with Crippen LogP contribution in [0.25, 0.3) is 0 Å². The van der Waals surface area contributed by atoms with Crippen molar-refractivity contribution in [1.82, 2.24) is 4.72 Å². The van der Waals surface area contributed by atoms with Crippen molar-refractivity contribution < 1.29 is 8.42 Å². The monoisotopic (exact) mass is 330 g/mol. The van der Waals surface area contributed by atoms with Crippen LogP contribution < -0.4 is 4.72 Å². The first kappa shape index (κ1) is 15.7. The topological polar surface area (TPSA) is 58.5 Å². The van der Waals surface area contributed by atoms with Crippen molar-refractivity contribution >= 4 is 27.6 Å². The zero-order valence-electron chi connectivity index (χ0n) is 12.6. The van der Waals surface area contributed by atoms with Crippen molar-refractivity contribution in [1.29, 1.82) is 0 Å². The predicted molar refractivity (Wildman–Crippen MR) is 89.2 cm³/mol. The Hall–Kier alpha value is -0.230. The Morgan fingerprint density at radius 1 is 0.952 bits per heavy atom. The number of rotatable bonds is 3. The average Bonchev–Trinajstić information content (AvgIpc) is 2.75. The van der Waals surface area contributed by atoms with Crippen LogP contribution in [-0.2, 0) is 10.0 Å². The Morgan fingerprint density at radius 2 is 1.57 bits per heavy atom. The van der Waals surface area contributed by atoms with Crippen molar-refractivity contribution in [3.63, 3.8) is 0 Å². The van der Waals surface area contributed by atoms with Gasteiger partial charge in [-0.15, -0.1) is 11.8 Å². The van der Waals surface area contributed by atoms with E-state index in [1.54, 1.807) is 11.8 Å². The van der Waals surface area contributed by atoms with E-state index in [4.69, 9.17) is 0 Å². The lowest BCUT2D eigenvalue weighted by atomic mass is 9.96. The van der Waals surface area contributed by atoms with Crippen LogP contribution >= 0.6 is 11.8 Å². The second-order valence-electron chi connectivity index (χ2n) is 6.54. The Morgan fingerprint density at radius 3 is 2.24 bits per heavy atom. The van der Waals surface area contributed by atoms with Gasteiger partial charge in [0.05, 0.1) is 6.04 Å². The molecule has 3 fully saturated rings. The molecule has 0 radical (unpaired) electrons. The summed E-state index contributed by atoms with van der Waals surface area (Å²) in [6, 6.07) is 0.342. The molecule has 0 spiro atoms. The number of nitrogens with one attached hydrogen (secondary N) is 1. The molecule has 2 aliphatic carbocycles. The summed E-state index contributed by atoms with van der Waals surface area (Å²) in [4.78, 5) is 4.69. The number of sulfonamides is 1. The molecule has 3 aliphatic rings. The molecule has 1 N–H and O–H groups in total. The van der Waals surface area contributed by atoms with E-state index in [9.17, 15) is 8.42 Å². The van der Waals surface area contributed by atoms with Gasteiger partial charge in [0.15, 0.2) is 0 Å². The highest BCUT2D eigenvalue weighted by atomic mass is 32.3. The molecule has 1 aliphatic heterocycles. The standard InChI is InChI=1S/C15H26N2O2S2/c18-21(19)15(20-13-9-5-2-6-10-13)11-14(17-21)16-12-7-3-1-4-8-12/h12-13,15H,1-11H2,(H,16,17). The van der Waals surface area contributed by atoms with Crippen molar-refractivity contribution in [2.24, 2.45) is 4.99 Å². The highest BCUT2D eigenvalue weighted by Crippen LogP contribution is 2.36. The van der Waals surface area contributed by atoms with Gasteiger partial charge in [-0.2, -0.15) is 0 Å². The van der Waals surface area contributed by atoms with Crippen LogP contribution in [0.4, 0.5) is 0 Å². The molecule has 21 heavy (non-hydrogen) atoms. The van der Waals surface area contributed by atoms with Crippen LogP contribution in [0, 0.1) is 0 Å². The third-order valence-corrected chi connectivity index (χ3v) is 8.57. The quantitative estimate of drug-likeness (QED) is 0.862. The van der Waals surface area contributed by atoms with Gasteiger partial charge in [-0.25, -0.2) is 8.42 Å². The van der Waals surface area contributed by atoms with Gasteiger partial charge < -0.3 is 0 Å². The van der Waals surface area contributed by atoms with Gasteiger partial charge in [0, 0.05) is 11.7 Å². The van der Waals surface area contributed by atoms with E-state index in [1.165, 1.54) is 51.4 Å². The van der Waals surface area contributed by atoms with Crippen LogP contribution in [0.5, 0.6) is 0 Å². The molecule has 0 aromatic heterocycles. The van der Waals surface area contributed by atoms with Crippen LogP contribution in [0.3, 0.4) is 0 Å². The Kier molecular flexibility index (Phi) is 5.15. The van der Waals surface area contributed by atoms with Gasteiger partial charge in [0.1, 0.15) is 10.4 Å². The normalized spacial score (nSPS) is 33.1. The summed E-state index contributed by atoms with van der Waals surface area (Å²) in [5.41, 5.74) is 0. The molecule has 2 saturated carbocycles. The van der Waals surface area contributed by atoms with Crippen molar-refractivity contribution in [3.05, 3.63) is 0 Å². The minimum Gasteiger partial charge on any atom is -0.270 e. The minimum atomic E-state index is -3.20. The lowest BCUT2D eigenvalue weighted by Gasteiger charge is -2.22. The van der Waals surface area contributed by atoms with Crippen molar-refractivity contribution in [2.45, 2.75) is 86.5 Å². The second kappa shape index (κ2) is 6.90. The third kappa shape index (κ3) is 4.15. The van der Waals surface area contributed by atoms with Gasteiger partial charge in [0.25, 0.3) is 0 Å². The van der Waals surface area contributed by atoms with E-state index >= 15 is 0 Å². The van der Waals surface area contributed by atoms with Crippen LogP contribution in [-0.4, -0.2) is 30.1 Å². The average molecular weight is 331 g/mol. The molecule has 1 saturated heterocycles. The van der Waals surface area contributed by atoms with Gasteiger partial charge >= 0.3 is 0 Å². The molecule has 1 unspecified atom stereocenters. The predicted octanol–water partition coefficient (Wildman–Crippen LogP) is 3.43. The number of aliphatic imine (C=N–C) groups is 1. The zero-order valence-corrected chi connectivity index (χ0v) is 14.2. The lowest BCUT2D eigenvalue weighted by molar-refractivity contribution is 0.442. The zero-order chi connectivity index (χ0) is 14.7. The summed E-state index contributed by atoms with van der Waals surface area (Å²) >= 11 is 1.67. The first-order valence-corrected chi connectivity index (χ1v) is 10.9. The Labute approximate surface area is 132 Å². The maximum absolute atomic E-state index is 12.3. The van der Waals surface area contributed by atoms with E-state index in [0.717, 1.165) is 18.7 Å². The van der Waals surface area contributed by atoms with Gasteiger partial charge in [-0.1, -0.05) is 38.5 Å². The molecule has 1 heterocycles. The van der Waals surface area contributed by atoms with Gasteiger partial charge in [-0.05, 0) is 25.7 Å². The molecule has 120 valence electrons. The molecule has 0 amide bonds. The number of nitrogens with zero attached hydrogens (tertiary/aromatic N) is 1. The molecule has 6 heteroatoms. The van der Waals surface area contributed by atoms with E-state index in [1.807, 2.05) is 0 Å². The largest absolute Gasteiger partial charge is 0.270 e. The fourth-order valence-electron chi connectivity index (χ4n) is 3.59. The summed E-state index contributed by atoms with van der Waals surface area (Å²) in [5, 5.41) is 0.523. The first-order chi connectivity index (χ1) is 10.1. The lowest BCUT2D eigenvalue weighted by Crippen LogP contribution is -2.26. The molecule has 0 bridgehead atoms. The van der Waals surface area contributed by atoms with Crippen LogP contribution in [0.2, 0.25) is 0 Å². The Bertz CT molecular complexity index is 478. The van der Waals surface area contributed by atoms with Gasteiger partial charge in [-0.3, -0.25) is 9.71 Å². The molecular weight excluding hydrogens is 304 g/mol. The molecule has 0 aromatic rings. The first-order valence-electron chi connectivity index (χ1n) is 8.37. The summed E-state index contributed by atoms with van der Waals surface area (Å²) in [6.07, 6.45) is 12.7. The number of amidine groups is 1. The maximum Gasteiger partial charge on any atom is 0.246 e. The number of hydrogen-bond acceptors (Lipinski definition) is 4. The fraction of sp³-hybridized carbons (Fsp3) is 0.933. The van der Waals surface area contributed by atoms with Crippen LogP contribution in [0.15, 0.2) is 4.99 Å². The van der Waals surface area contributed by atoms with Crippen molar-refractivity contribution in [2.75, 3.05) is 0 Å². The SMILES string of the molecule is O=S1(=O)NC(=NC2CCCCC2)CC1SC1CCCCC1. The highest BCUT2D eigenvalue weighted by Gasteiger charge is 2.38. The van der Waals surface area contributed by atoms with E-state index in [0.29, 0.717) is 17.7 Å². The third-order valence-electron chi connectivity index (χ3n) is 4.78. The summed E-state index contributed by atoms with van der Waals surface area (Å²) < 4.78 is 27.0. The van der Waals surface area contributed by atoms with Crippen LogP contribution in [0.1, 0.15) is 70.6 Å². The minimum absolute atomic E-state index is 0.317. The summed E-state index contributed by atoms with van der Waals surface area (Å²) in [5.74, 6) is 0.718. The van der Waals surface area contributed by atoms with E-state index in [2.05, 4.69) is 9.71 Å². The molecule has 1 atom stereocenters. The molecule has 4 nitrogen and oxygen atoms in total. The van der Waals surface area contributed by atoms with Gasteiger partial charge in [0.2, 0.25) is 10.0 Å². The number of hydrogen-bond donors (Lipinski definition) is 1. The maximum atomic E-state index is 12.3. The van der Waals surface area contributed by atoms with E-state index in [-0.39, 0.29) is 4.58 Å². The second-order valence-corrected chi connectivity index (χ2v) is 10.2. The summed E-state index contributed by atoms with van der Waals surface area (Å²) in [6.45, 7) is 0. The summed E-state index contributed by atoms with van der Waals surface area (Å²) in [7, 11) is -3.20. The molecule has 3 rings (SSSR count). The van der Waals surface area contributed by atoms with E-state index < -0.39 is 10.0 Å².